The van der Waals surface area contributed by atoms with Gasteiger partial charge in [0.1, 0.15) is 0 Å². The molecule has 0 amide bonds. The molecule has 14 heavy (non-hydrogen) atoms. The second-order valence-corrected chi connectivity index (χ2v) is 4.48. The summed E-state index contributed by atoms with van der Waals surface area (Å²) in [6, 6.07) is 0. The summed E-state index contributed by atoms with van der Waals surface area (Å²) in [5.41, 5.74) is 2.52. The number of nitrogens with zero attached hydrogens (tertiary/aromatic N) is 1. The molecular formula is C13H25N. The third kappa shape index (κ3) is 5.85. The van der Waals surface area contributed by atoms with E-state index in [0.29, 0.717) is 5.92 Å². The normalized spacial score (nSPS) is 10.4. The van der Waals surface area contributed by atoms with E-state index in [0.717, 1.165) is 13.0 Å². The monoisotopic (exact) mass is 195 g/mol. The summed E-state index contributed by atoms with van der Waals surface area (Å²) in [6.07, 6.45) is 3.63. The van der Waals surface area contributed by atoms with Crippen LogP contribution in [0.15, 0.2) is 24.4 Å². The van der Waals surface area contributed by atoms with Crippen molar-refractivity contribution in [2.45, 2.75) is 40.0 Å². The number of hydrogen-bond acceptors (Lipinski definition) is 1. The van der Waals surface area contributed by atoms with Gasteiger partial charge in [0.2, 0.25) is 0 Å². The van der Waals surface area contributed by atoms with E-state index >= 15 is 0 Å². The molecule has 0 saturated carbocycles. The summed E-state index contributed by atoms with van der Waals surface area (Å²) in [5.74, 6) is 0.557. The molecule has 82 valence electrons. The SMILES string of the molecule is C=C(C)CCCCN(C)C(=C)C(C)C. The Balaban J connectivity index is 3.59. The summed E-state index contributed by atoms with van der Waals surface area (Å²) in [5, 5.41) is 0. The van der Waals surface area contributed by atoms with E-state index in [-0.39, 0.29) is 0 Å². The van der Waals surface area contributed by atoms with Gasteiger partial charge in [-0.3, -0.25) is 0 Å². The lowest BCUT2D eigenvalue weighted by atomic mass is 10.1. The third-order valence-corrected chi connectivity index (χ3v) is 2.50. The van der Waals surface area contributed by atoms with E-state index in [4.69, 9.17) is 0 Å². The number of unbranched alkanes of at least 4 members (excludes halogenated alkanes) is 1. The molecule has 0 fully saturated rings. The van der Waals surface area contributed by atoms with Crippen LogP contribution in [0.1, 0.15) is 40.0 Å². The maximum atomic E-state index is 4.08. The van der Waals surface area contributed by atoms with E-state index in [1.807, 2.05) is 0 Å². The molecule has 0 N–H and O–H groups in total. The molecule has 1 heteroatoms. The first-order valence-corrected chi connectivity index (χ1v) is 5.49. The van der Waals surface area contributed by atoms with Crippen molar-refractivity contribution in [3.8, 4) is 0 Å². The molecule has 0 aromatic carbocycles. The van der Waals surface area contributed by atoms with E-state index < -0.39 is 0 Å². The number of rotatable bonds is 7. The Morgan fingerprint density at radius 1 is 1.21 bits per heavy atom. The highest BCUT2D eigenvalue weighted by Gasteiger charge is 2.05. The Morgan fingerprint density at radius 2 is 1.79 bits per heavy atom. The summed E-state index contributed by atoms with van der Waals surface area (Å²) < 4.78 is 0. The van der Waals surface area contributed by atoms with Gasteiger partial charge in [-0.25, -0.2) is 0 Å². The van der Waals surface area contributed by atoms with Gasteiger partial charge in [-0.05, 0) is 32.1 Å². The molecule has 1 nitrogen and oxygen atoms in total. The van der Waals surface area contributed by atoms with E-state index in [9.17, 15) is 0 Å². The van der Waals surface area contributed by atoms with Gasteiger partial charge in [0.05, 0.1) is 0 Å². The maximum absolute atomic E-state index is 4.08. The van der Waals surface area contributed by atoms with Crippen LogP contribution in [0.4, 0.5) is 0 Å². The predicted octanol–water partition coefficient (Wildman–Crippen LogP) is 3.83. The fourth-order valence-electron chi connectivity index (χ4n) is 1.36. The smallest absolute Gasteiger partial charge is 0.0171 e. The van der Waals surface area contributed by atoms with Crippen molar-refractivity contribution < 1.29 is 0 Å². The molecule has 0 aliphatic carbocycles. The molecule has 0 aromatic heterocycles. The molecule has 0 saturated heterocycles. The molecule has 0 rings (SSSR count). The lowest BCUT2D eigenvalue weighted by Gasteiger charge is -2.24. The zero-order valence-corrected chi connectivity index (χ0v) is 10.3. The fraction of sp³-hybridized carbons (Fsp3) is 0.692. The highest BCUT2D eigenvalue weighted by molar-refractivity contribution is 4.95. The summed E-state index contributed by atoms with van der Waals surface area (Å²) >= 11 is 0. The number of allylic oxidation sites excluding steroid dienone is 2. The molecule has 0 radical (unpaired) electrons. The van der Waals surface area contributed by atoms with Gasteiger partial charge in [-0.2, -0.15) is 0 Å². The second-order valence-electron chi connectivity index (χ2n) is 4.48. The van der Waals surface area contributed by atoms with E-state index in [2.05, 4.69) is 45.9 Å². The predicted molar refractivity (Wildman–Crippen MR) is 65.3 cm³/mol. The Bertz CT molecular complexity index is 191. The van der Waals surface area contributed by atoms with Crippen LogP contribution < -0.4 is 0 Å². The summed E-state index contributed by atoms with van der Waals surface area (Å²) in [7, 11) is 2.13. The largest absolute Gasteiger partial charge is 0.378 e. The van der Waals surface area contributed by atoms with Crippen LogP contribution in [0.3, 0.4) is 0 Å². The average Bonchev–Trinajstić information content (AvgIpc) is 2.10. The van der Waals surface area contributed by atoms with Crippen molar-refractivity contribution >= 4 is 0 Å². The lowest BCUT2D eigenvalue weighted by Crippen LogP contribution is -2.21. The van der Waals surface area contributed by atoms with Crippen LogP contribution >= 0.6 is 0 Å². The zero-order chi connectivity index (χ0) is 11.1. The molecule has 0 spiro atoms. The Morgan fingerprint density at radius 3 is 2.21 bits per heavy atom. The molecular weight excluding hydrogens is 170 g/mol. The minimum absolute atomic E-state index is 0.557. The molecule has 0 heterocycles. The van der Waals surface area contributed by atoms with Crippen LogP contribution in [0.25, 0.3) is 0 Å². The summed E-state index contributed by atoms with van der Waals surface area (Å²) in [4.78, 5) is 2.27. The highest BCUT2D eigenvalue weighted by atomic mass is 15.1. The summed E-state index contributed by atoms with van der Waals surface area (Å²) in [6.45, 7) is 15.6. The topological polar surface area (TPSA) is 3.24 Å². The van der Waals surface area contributed by atoms with Crippen molar-refractivity contribution in [2.75, 3.05) is 13.6 Å². The molecule has 0 aromatic rings. The minimum atomic E-state index is 0.557. The van der Waals surface area contributed by atoms with Crippen LogP contribution in [-0.2, 0) is 0 Å². The van der Waals surface area contributed by atoms with Gasteiger partial charge >= 0.3 is 0 Å². The molecule has 0 aliphatic rings. The van der Waals surface area contributed by atoms with Crippen molar-refractivity contribution in [3.05, 3.63) is 24.4 Å². The first-order chi connectivity index (χ1) is 6.45. The first kappa shape index (κ1) is 13.3. The Labute approximate surface area is 89.5 Å². The van der Waals surface area contributed by atoms with Crippen LogP contribution in [0.2, 0.25) is 0 Å². The molecule has 0 bridgehead atoms. The quantitative estimate of drug-likeness (QED) is 0.441. The van der Waals surface area contributed by atoms with Crippen molar-refractivity contribution in [1.29, 1.82) is 0 Å². The molecule has 0 unspecified atom stereocenters. The van der Waals surface area contributed by atoms with Crippen molar-refractivity contribution in [3.63, 3.8) is 0 Å². The maximum Gasteiger partial charge on any atom is 0.0171 e. The standard InChI is InChI=1S/C13H25N/c1-11(2)9-7-8-10-14(6)13(5)12(3)4/h12H,1,5,7-10H2,2-4,6H3. The molecule has 0 atom stereocenters. The van der Waals surface area contributed by atoms with Crippen LogP contribution in [0.5, 0.6) is 0 Å². The van der Waals surface area contributed by atoms with Gasteiger partial charge in [0, 0.05) is 19.3 Å². The van der Waals surface area contributed by atoms with Gasteiger partial charge in [-0.15, -0.1) is 6.58 Å². The van der Waals surface area contributed by atoms with Gasteiger partial charge in [0.15, 0.2) is 0 Å². The average molecular weight is 195 g/mol. The number of hydrogen-bond donors (Lipinski definition) is 0. The fourth-order valence-corrected chi connectivity index (χ4v) is 1.36. The van der Waals surface area contributed by atoms with Gasteiger partial charge < -0.3 is 4.90 Å². The van der Waals surface area contributed by atoms with Crippen LogP contribution in [-0.4, -0.2) is 18.5 Å². The Hall–Kier alpha value is -0.720. The minimum Gasteiger partial charge on any atom is -0.378 e. The van der Waals surface area contributed by atoms with Gasteiger partial charge in [0.25, 0.3) is 0 Å². The van der Waals surface area contributed by atoms with Crippen molar-refractivity contribution in [1.82, 2.24) is 4.90 Å². The van der Waals surface area contributed by atoms with Gasteiger partial charge in [-0.1, -0.05) is 26.0 Å². The first-order valence-electron chi connectivity index (χ1n) is 5.49. The highest BCUT2D eigenvalue weighted by Crippen LogP contribution is 2.12. The zero-order valence-electron chi connectivity index (χ0n) is 10.3. The third-order valence-electron chi connectivity index (χ3n) is 2.50. The molecule has 0 aliphatic heterocycles. The van der Waals surface area contributed by atoms with Crippen LogP contribution in [0, 0.1) is 5.92 Å². The van der Waals surface area contributed by atoms with E-state index in [1.165, 1.54) is 24.1 Å². The lowest BCUT2D eigenvalue weighted by molar-refractivity contribution is 0.366. The van der Waals surface area contributed by atoms with E-state index in [1.54, 1.807) is 0 Å². The Kier molecular flexibility index (Phi) is 6.35. The van der Waals surface area contributed by atoms with Crippen molar-refractivity contribution in [2.24, 2.45) is 5.92 Å². The second kappa shape index (κ2) is 6.69.